The largest absolute Gasteiger partial charge is 0.504 e. The second kappa shape index (κ2) is 8.40. The zero-order valence-corrected chi connectivity index (χ0v) is 13.9. The average Bonchev–Trinajstić information content (AvgIpc) is 2.55. The first-order valence-electron chi connectivity index (χ1n) is 7.83. The Hall–Kier alpha value is -2.47. The summed E-state index contributed by atoms with van der Waals surface area (Å²) in [5.74, 6) is -0.102. The molecule has 1 heterocycles. The third kappa shape index (κ3) is 4.29. The van der Waals surface area contributed by atoms with Gasteiger partial charge in [0.05, 0.1) is 12.0 Å². The van der Waals surface area contributed by atoms with Gasteiger partial charge in [-0.2, -0.15) is 0 Å². The minimum absolute atomic E-state index is 0.0984. The maximum absolute atomic E-state index is 12.1. The topological polar surface area (TPSA) is 89.1 Å². The summed E-state index contributed by atoms with van der Waals surface area (Å²) in [6.45, 7) is 4.46. The van der Waals surface area contributed by atoms with E-state index in [1.165, 1.54) is 0 Å². The minimum Gasteiger partial charge on any atom is -0.504 e. The van der Waals surface area contributed by atoms with Crippen LogP contribution in [0.1, 0.15) is 26.7 Å². The van der Waals surface area contributed by atoms with Gasteiger partial charge in [0.25, 0.3) is 0 Å². The standard InChI is InChI=1S/C18H22O6/c1-12(2)8-11-23-17-15(20)13-6-5-7-14(16(13)24-18(17)21)22-10-4-3-9-19/h5-8,19-20H,3-4,9-11H2,1-2H3. The van der Waals surface area contributed by atoms with Crippen LogP contribution in [0, 0.1) is 0 Å². The number of ether oxygens (including phenoxy) is 2. The lowest BCUT2D eigenvalue weighted by atomic mass is 10.2. The molecule has 0 aliphatic carbocycles. The molecule has 24 heavy (non-hydrogen) atoms. The molecule has 2 N–H and O–H groups in total. The molecule has 1 aromatic carbocycles. The van der Waals surface area contributed by atoms with E-state index in [1.54, 1.807) is 24.3 Å². The summed E-state index contributed by atoms with van der Waals surface area (Å²) >= 11 is 0. The molecule has 0 atom stereocenters. The first-order chi connectivity index (χ1) is 11.5. The Labute approximate surface area is 139 Å². The molecule has 2 rings (SSSR count). The van der Waals surface area contributed by atoms with Gasteiger partial charge in [-0.1, -0.05) is 11.6 Å². The quantitative estimate of drug-likeness (QED) is 0.438. The van der Waals surface area contributed by atoms with Crippen LogP contribution in [0.4, 0.5) is 0 Å². The van der Waals surface area contributed by atoms with E-state index in [2.05, 4.69) is 0 Å². The number of hydrogen-bond donors (Lipinski definition) is 2. The molecule has 1 aromatic heterocycles. The van der Waals surface area contributed by atoms with E-state index in [4.69, 9.17) is 19.0 Å². The summed E-state index contributed by atoms with van der Waals surface area (Å²) in [6.07, 6.45) is 3.10. The van der Waals surface area contributed by atoms with Gasteiger partial charge in [0.1, 0.15) is 6.61 Å². The van der Waals surface area contributed by atoms with Crippen molar-refractivity contribution in [2.45, 2.75) is 26.7 Å². The van der Waals surface area contributed by atoms with Crippen LogP contribution in [-0.2, 0) is 0 Å². The molecule has 0 amide bonds. The average molecular weight is 334 g/mol. The first kappa shape index (κ1) is 17.9. The second-order valence-corrected chi connectivity index (χ2v) is 5.57. The summed E-state index contributed by atoms with van der Waals surface area (Å²) in [6, 6.07) is 4.98. The van der Waals surface area contributed by atoms with Crippen molar-refractivity contribution in [2.24, 2.45) is 0 Å². The number of allylic oxidation sites excluding steroid dienone is 1. The predicted molar refractivity (Wildman–Crippen MR) is 90.9 cm³/mol. The summed E-state index contributed by atoms with van der Waals surface area (Å²) in [5.41, 5.74) is 0.463. The Bertz CT molecular complexity index is 771. The van der Waals surface area contributed by atoms with Crippen molar-refractivity contribution >= 4 is 11.0 Å². The molecule has 0 fully saturated rings. The second-order valence-electron chi connectivity index (χ2n) is 5.57. The molecule has 0 bridgehead atoms. The molecule has 2 aromatic rings. The van der Waals surface area contributed by atoms with E-state index in [1.807, 2.05) is 13.8 Å². The summed E-state index contributed by atoms with van der Waals surface area (Å²) < 4.78 is 16.2. The Balaban J connectivity index is 2.31. The van der Waals surface area contributed by atoms with E-state index in [0.717, 1.165) is 5.57 Å². The van der Waals surface area contributed by atoms with Gasteiger partial charge < -0.3 is 24.1 Å². The van der Waals surface area contributed by atoms with Gasteiger partial charge >= 0.3 is 5.63 Å². The minimum atomic E-state index is -0.756. The fraction of sp³-hybridized carbons (Fsp3) is 0.389. The summed E-state index contributed by atoms with van der Waals surface area (Å²) in [7, 11) is 0. The number of rotatable bonds is 8. The molecule has 0 spiro atoms. The molecule has 0 radical (unpaired) electrons. The normalized spacial score (nSPS) is 10.6. The van der Waals surface area contributed by atoms with Crippen LogP contribution < -0.4 is 15.1 Å². The number of benzene rings is 1. The van der Waals surface area contributed by atoms with E-state index < -0.39 is 5.63 Å². The summed E-state index contributed by atoms with van der Waals surface area (Å²) in [4.78, 5) is 12.1. The fourth-order valence-electron chi connectivity index (χ4n) is 2.09. The first-order valence-corrected chi connectivity index (χ1v) is 7.83. The number of fused-ring (bicyclic) bond motifs is 1. The number of aliphatic hydroxyl groups excluding tert-OH is 1. The van der Waals surface area contributed by atoms with Gasteiger partial charge in [0, 0.05) is 6.61 Å². The number of aromatic hydroxyl groups is 1. The molecular weight excluding hydrogens is 312 g/mol. The van der Waals surface area contributed by atoms with Crippen molar-refractivity contribution in [3.8, 4) is 17.2 Å². The molecule has 0 aliphatic rings. The van der Waals surface area contributed by atoms with Gasteiger partial charge in [-0.3, -0.25) is 0 Å². The van der Waals surface area contributed by atoms with Gasteiger partial charge in [0.2, 0.25) is 5.75 Å². The number of para-hydroxylation sites is 1. The van der Waals surface area contributed by atoms with E-state index in [0.29, 0.717) is 30.6 Å². The van der Waals surface area contributed by atoms with E-state index in [9.17, 15) is 9.90 Å². The highest BCUT2D eigenvalue weighted by Crippen LogP contribution is 2.35. The monoisotopic (exact) mass is 334 g/mol. The molecule has 0 saturated carbocycles. The lowest BCUT2D eigenvalue weighted by Gasteiger charge is -2.11. The number of hydrogen-bond acceptors (Lipinski definition) is 6. The Morgan fingerprint density at radius 1 is 1.25 bits per heavy atom. The molecule has 130 valence electrons. The van der Waals surface area contributed by atoms with Crippen molar-refractivity contribution in [2.75, 3.05) is 19.8 Å². The predicted octanol–water partition coefficient (Wildman–Crippen LogP) is 2.99. The van der Waals surface area contributed by atoms with Crippen molar-refractivity contribution < 1.29 is 24.1 Å². The maximum Gasteiger partial charge on any atom is 0.383 e. The van der Waals surface area contributed by atoms with Crippen molar-refractivity contribution in [1.29, 1.82) is 0 Å². The van der Waals surface area contributed by atoms with Crippen LogP contribution in [0.2, 0.25) is 0 Å². The maximum atomic E-state index is 12.1. The highest BCUT2D eigenvalue weighted by molar-refractivity contribution is 5.89. The van der Waals surface area contributed by atoms with Gasteiger partial charge in [-0.25, -0.2) is 4.79 Å². The van der Waals surface area contributed by atoms with E-state index in [-0.39, 0.29) is 30.3 Å². The van der Waals surface area contributed by atoms with Crippen LogP contribution >= 0.6 is 0 Å². The number of unbranched alkanes of at least 4 members (excludes halogenated alkanes) is 1. The highest BCUT2D eigenvalue weighted by atomic mass is 16.5. The third-order valence-corrected chi connectivity index (χ3v) is 3.36. The third-order valence-electron chi connectivity index (χ3n) is 3.36. The van der Waals surface area contributed by atoms with Crippen LogP contribution in [0.3, 0.4) is 0 Å². The Morgan fingerprint density at radius 2 is 2.04 bits per heavy atom. The zero-order valence-electron chi connectivity index (χ0n) is 13.9. The zero-order chi connectivity index (χ0) is 17.5. The number of aliphatic hydroxyl groups is 1. The van der Waals surface area contributed by atoms with Crippen molar-refractivity contribution in [3.05, 3.63) is 40.3 Å². The summed E-state index contributed by atoms with van der Waals surface area (Å²) in [5, 5.41) is 19.5. The fourth-order valence-corrected chi connectivity index (χ4v) is 2.09. The molecule has 6 heteroatoms. The smallest absolute Gasteiger partial charge is 0.383 e. The van der Waals surface area contributed by atoms with Crippen molar-refractivity contribution in [1.82, 2.24) is 0 Å². The van der Waals surface area contributed by atoms with Gasteiger partial charge in [0.15, 0.2) is 17.1 Å². The molecular formula is C18H22O6. The Kier molecular flexibility index (Phi) is 6.26. The molecule has 6 nitrogen and oxygen atoms in total. The van der Waals surface area contributed by atoms with Crippen LogP contribution in [-0.4, -0.2) is 30.0 Å². The van der Waals surface area contributed by atoms with Crippen LogP contribution in [0.15, 0.2) is 39.1 Å². The van der Waals surface area contributed by atoms with Crippen LogP contribution in [0.5, 0.6) is 17.2 Å². The lowest BCUT2D eigenvalue weighted by molar-refractivity contribution is 0.252. The van der Waals surface area contributed by atoms with Crippen LogP contribution in [0.25, 0.3) is 11.0 Å². The van der Waals surface area contributed by atoms with Gasteiger partial charge in [-0.15, -0.1) is 0 Å². The van der Waals surface area contributed by atoms with E-state index >= 15 is 0 Å². The van der Waals surface area contributed by atoms with Gasteiger partial charge in [-0.05, 0) is 44.9 Å². The lowest BCUT2D eigenvalue weighted by Crippen LogP contribution is -2.08. The Morgan fingerprint density at radius 3 is 2.75 bits per heavy atom. The van der Waals surface area contributed by atoms with Crippen molar-refractivity contribution in [3.63, 3.8) is 0 Å². The SMILES string of the molecule is CC(C)=CCOc1c(O)c2cccc(OCCCCO)c2oc1=O. The molecule has 0 saturated heterocycles. The molecule has 0 aliphatic heterocycles. The highest BCUT2D eigenvalue weighted by Gasteiger charge is 2.17. The molecule has 0 unspecified atom stereocenters.